The lowest BCUT2D eigenvalue weighted by Gasteiger charge is -2.29. The quantitative estimate of drug-likeness (QED) is 0.181. The Morgan fingerprint density at radius 3 is 1.77 bits per heavy atom. The third-order valence-corrected chi connectivity index (χ3v) is 10.8. The van der Waals surface area contributed by atoms with E-state index in [0.717, 1.165) is 66.6 Å². The first kappa shape index (κ1) is 29.6. The molecule has 0 aliphatic heterocycles. The lowest BCUT2D eigenvalue weighted by atomic mass is 9.94. The van der Waals surface area contributed by atoms with Crippen LogP contribution in [0.2, 0.25) is 0 Å². The number of benzene rings is 9. The predicted molar refractivity (Wildman–Crippen MR) is 223 cm³/mol. The monoisotopic (exact) mass is 676 g/mol. The Balaban J connectivity index is 1.15. The highest BCUT2D eigenvalue weighted by atomic mass is 16.3. The van der Waals surface area contributed by atoms with Crippen molar-refractivity contribution in [3.05, 3.63) is 194 Å². The summed E-state index contributed by atoms with van der Waals surface area (Å²) in [4.78, 5) is 2.42. The summed E-state index contributed by atoms with van der Waals surface area (Å²) in [6, 6.07) is 69.7. The number of furan rings is 1. The molecule has 53 heavy (non-hydrogen) atoms. The van der Waals surface area contributed by atoms with Crippen molar-refractivity contribution in [2.45, 2.75) is 0 Å². The molecule has 0 amide bonds. The van der Waals surface area contributed by atoms with Crippen LogP contribution in [0.1, 0.15) is 0 Å². The van der Waals surface area contributed by atoms with Gasteiger partial charge in [-0.05, 0) is 77.0 Å². The normalized spacial score (nSPS) is 11.8. The number of aromatic nitrogens is 1. The summed E-state index contributed by atoms with van der Waals surface area (Å²) < 4.78 is 9.02. The van der Waals surface area contributed by atoms with Crippen LogP contribution in [0.15, 0.2) is 199 Å². The number of rotatable bonds is 5. The molecule has 3 heteroatoms. The summed E-state index contributed by atoms with van der Waals surface area (Å²) >= 11 is 0. The predicted octanol–water partition coefficient (Wildman–Crippen LogP) is 14.1. The first-order valence-corrected chi connectivity index (χ1v) is 18.1. The second-order valence-corrected chi connectivity index (χ2v) is 13.7. The zero-order valence-electron chi connectivity index (χ0n) is 28.8. The van der Waals surface area contributed by atoms with Crippen LogP contribution in [-0.2, 0) is 0 Å². The van der Waals surface area contributed by atoms with Crippen molar-refractivity contribution in [2.24, 2.45) is 0 Å². The van der Waals surface area contributed by atoms with E-state index in [4.69, 9.17) is 4.42 Å². The zero-order valence-corrected chi connectivity index (χ0v) is 28.8. The van der Waals surface area contributed by atoms with E-state index in [0.29, 0.717) is 0 Å². The maximum Gasteiger partial charge on any atom is 0.143 e. The highest BCUT2D eigenvalue weighted by Gasteiger charge is 2.22. The molecule has 0 atom stereocenters. The van der Waals surface area contributed by atoms with Gasteiger partial charge in [-0.3, -0.25) is 0 Å². The molecule has 9 aromatic carbocycles. The van der Waals surface area contributed by atoms with E-state index in [2.05, 4.69) is 198 Å². The van der Waals surface area contributed by atoms with E-state index < -0.39 is 0 Å². The van der Waals surface area contributed by atoms with Crippen molar-refractivity contribution < 1.29 is 4.42 Å². The lowest BCUT2D eigenvalue weighted by molar-refractivity contribution is 0.673. The van der Waals surface area contributed by atoms with Crippen molar-refractivity contribution in [3.63, 3.8) is 0 Å². The van der Waals surface area contributed by atoms with Crippen molar-refractivity contribution >= 4 is 82.4 Å². The summed E-state index contributed by atoms with van der Waals surface area (Å²) in [6.45, 7) is 0. The summed E-state index contributed by atoms with van der Waals surface area (Å²) in [6.07, 6.45) is 0. The van der Waals surface area contributed by atoms with E-state index in [1.807, 2.05) is 6.07 Å². The van der Waals surface area contributed by atoms with Gasteiger partial charge in [-0.1, -0.05) is 133 Å². The van der Waals surface area contributed by atoms with Gasteiger partial charge in [0.05, 0.1) is 22.4 Å². The van der Waals surface area contributed by atoms with Crippen LogP contribution in [0.5, 0.6) is 0 Å². The molecule has 0 radical (unpaired) electrons. The lowest BCUT2D eigenvalue weighted by Crippen LogP contribution is -2.12. The fourth-order valence-corrected chi connectivity index (χ4v) is 8.44. The molecule has 0 bridgehead atoms. The average Bonchev–Trinajstić information content (AvgIpc) is 3.78. The average molecular weight is 677 g/mol. The highest BCUT2D eigenvalue weighted by Crippen LogP contribution is 2.47. The Morgan fingerprint density at radius 2 is 0.962 bits per heavy atom. The van der Waals surface area contributed by atoms with Gasteiger partial charge in [0.15, 0.2) is 0 Å². The molecule has 248 valence electrons. The molecule has 0 fully saturated rings. The summed E-state index contributed by atoms with van der Waals surface area (Å²) in [5.74, 6) is 0. The third kappa shape index (κ3) is 4.54. The zero-order chi connectivity index (χ0) is 34.9. The molecule has 0 aliphatic rings. The molecule has 0 spiro atoms. The van der Waals surface area contributed by atoms with Gasteiger partial charge in [-0.25, -0.2) is 0 Å². The Hall–Kier alpha value is -7.10. The van der Waals surface area contributed by atoms with E-state index in [9.17, 15) is 0 Å². The van der Waals surface area contributed by atoms with Crippen molar-refractivity contribution in [1.82, 2.24) is 4.57 Å². The summed E-state index contributed by atoms with van der Waals surface area (Å²) in [7, 11) is 0. The number of nitrogens with zero attached hydrogens (tertiary/aromatic N) is 2. The summed E-state index contributed by atoms with van der Waals surface area (Å²) in [5, 5.41) is 9.43. The van der Waals surface area contributed by atoms with Crippen LogP contribution in [0.4, 0.5) is 17.1 Å². The van der Waals surface area contributed by atoms with Crippen LogP contribution in [0.25, 0.3) is 82.1 Å². The SMILES string of the molecule is c1ccc(N(c2ccc(-n3c4ccccc4c4ccccc43)cc2)c2cccc3ccccc23)c(-c2cccc3ccc4c5ccccc5oc4c23)c1. The fourth-order valence-electron chi connectivity index (χ4n) is 8.44. The Bertz CT molecular complexity index is 3130. The minimum Gasteiger partial charge on any atom is -0.455 e. The van der Waals surface area contributed by atoms with E-state index in [1.54, 1.807) is 0 Å². The van der Waals surface area contributed by atoms with Crippen LogP contribution in [-0.4, -0.2) is 4.57 Å². The molecule has 0 N–H and O–H groups in total. The van der Waals surface area contributed by atoms with Gasteiger partial charge in [-0.2, -0.15) is 0 Å². The van der Waals surface area contributed by atoms with E-state index in [-0.39, 0.29) is 0 Å². The molecule has 0 saturated carbocycles. The Labute approximate surface area is 306 Å². The standard InChI is InChI=1S/C50H32N2O/c1-2-16-37-33(13-1)14-12-25-44(37)51(35-28-30-36(31-29-35)52-45-22-7-3-17-38(45)39-18-4-8-23-46(39)52)47-24-9-5-19-40(47)42-21-11-15-34-27-32-43-41-20-6-10-26-48(41)53-50(43)49(34)42/h1-32H. The van der Waals surface area contributed by atoms with Gasteiger partial charge < -0.3 is 13.9 Å². The molecule has 0 saturated heterocycles. The second kappa shape index (κ2) is 11.7. The minimum absolute atomic E-state index is 0.902. The van der Waals surface area contributed by atoms with Gasteiger partial charge in [0.25, 0.3) is 0 Å². The summed E-state index contributed by atoms with van der Waals surface area (Å²) in [5.41, 5.74) is 10.9. The van der Waals surface area contributed by atoms with Gasteiger partial charge in [0.1, 0.15) is 11.2 Å². The molecule has 0 unspecified atom stereocenters. The molecule has 2 heterocycles. The molecule has 11 aromatic rings. The Kier molecular flexibility index (Phi) is 6.55. The van der Waals surface area contributed by atoms with Crippen molar-refractivity contribution in [3.8, 4) is 16.8 Å². The smallest absolute Gasteiger partial charge is 0.143 e. The van der Waals surface area contributed by atoms with E-state index >= 15 is 0 Å². The molecular weight excluding hydrogens is 645 g/mol. The van der Waals surface area contributed by atoms with Gasteiger partial charge in [0.2, 0.25) is 0 Å². The third-order valence-electron chi connectivity index (χ3n) is 10.8. The van der Waals surface area contributed by atoms with Gasteiger partial charge in [0, 0.05) is 49.3 Å². The topological polar surface area (TPSA) is 21.3 Å². The molecule has 2 aromatic heterocycles. The van der Waals surface area contributed by atoms with E-state index in [1.165, 1.54) is 32.6 Å². The fraction of sp³-hybridized carbons (Fsp3) is 0. The van der Waals surface area contributed by atoms with Gasteiger partial charge >= 0.3 is 0 Å². The van der Waals surface area contributed by atoms with Crippen LogP contribution in [0, 0.1) is 0 Å². The first-order chi connectivity index (χ1) is 26.3. The van der Waals surface area contributed by atoms with Crippen LogP contribution in [0.3, 0.4) is 0 Å². The molecule has 11 rings (SSSR count). The van der Waals surface area contributed by atoms with Gasteiger partial charge in [-0.15, -0.1) is 0 Å². The number of para-hydroxylation sites is 4. The van der Waals surface area contributed by atoms with Crippen molar-refractivity contribution in [1.29, 1.82) is 0 Å². The maximum atomic E-state index is 6.65. The minimum atomic E-state index is 0.902. The number of anilines is 3. The largest absolute Gasteiger partial charge is 0.455 e. The highest BCUT2D eigenvalue weighted by molar-refractivity contribution is 6.20. The molecule has 3 nitrogen and oxygen atoms in total. The van der Waals surface area contributed by atoms with Crippen molar-refractivity contribution in [2.75, 3.05) is 4.90 Å². The number of hydrogen-bond acceptors (Lipinski definition) is 2. The van der Waals surface area contributed by atoms with Crippen LogP contribution >= 0.6 is 0 Å². The number of hydrogen-bond donors (Lipinski definition) is 0. The molecule has 0 aliphatic carbocycles. The first-order valence-electron chi connectivity index (χ1n) is 18.1. The maximum absolute atomic E-state index is 6.65. The van der Waals surface area contributed by atoms with Crippen LogP contribution < -0.4 is 4.90 Å². The Morgan fingerprint density at radius 1 is 0.377 bits per heavy atom. The molecular formula is C50H32N2O. The second-order valence-electron chi connectivity index (χ2n) is 13.7. The number of fused-ring (bicyclic) bond motifs is 9.